The van der Waals surface area contributed by atoms with Crippen LogP contribution in [0.1, 0.15) is 41.4 Å². The molecule has 0 unspecified atom stereocenters. The molecule has 3 aromatic rings. The van der Waals surface area contributed by atoms with Gasteiger partial charge in [-0.3, -0.25) is 24.4 Å². The molecule has 2 aliphatic rings. The molecular weight excluding hydrogens is 484 g/mol. The van der Waals surface area contributed by atoms with Gasteiger partial charge in [0.15, 0.2) is 0 Å². The van der Waals surface area contributed by atoms with Crippen LogP contribution in [0.3, 0.4) is 0 Å². The van der Waals surface area contributed by atoms with Crippen molar-refractivity contribution in [1.82, 2.24) is 25.5 Å². The Kier molecular flexibility index (Phi) is 7.39. The lowest BCUT2D eigenvalue weighted by molar-refractivity contribution is -0.126. The van der Waals surface area contributed by atoms with Gasteiger partial charge in [-0.2, -0.15) is 0 Å². The van der Waals surface area contributed by atoms with Crippen LogP contribution in [0.25, 0.3) is 10.9 Å². The number of hydrogen-bond donors (Lipinski definition) is 3. The molecule has 198 valence electrons. The van der Waals surface area contributed by atoms with E-state index in [4.69, 9.17) is 4.74 Å². The molecule has 0 spiro atoms. The highest BCUT2D eigenvalue weighted by Gasteiger charge is 2.42. The monoisotopic (exact) mass is 516 g/mol. The van der Waals surface area contributed by atoms with Crippen molar-refractivity contribution in [1.29, 1.82) is 0 Å². The second-order valence-electron chi connectivity index (χ2n) is 9.80. The minimum Gasteiger partial charge on any atom is -0.496 e. The fraction of sp³-hybridized carbons (Fsp3) is 0.393. The number of H-pyrrole nitrogens is 1. The number of carbonyl (C=O) groups is 3. The Morgan fingerprint density at radius 3 is 2.87 bits per heavy atom. The number of aromatic amines is 1. The Hall–Kier alpha value is -4.21. The highest BCUT2D eigenvalue weighted by Crippen LogP contribution is 2.33. The number of aliphatic imine (C=N–C) groups is 1. The average Bonchev–Trinajstić information content (AvgIpc) is 3.67. The molecule has 10 nitrogen and oxygen atoms in total. The zero-order valence-electron chi connectivity index (χ0n) is 21.5. The smallest absolute Gasteiger partial charge is 0.271 e. The summed E-state index contributed by atoms with van der Waals surface area (Å²) in [7, 11) is 3.23. The van der Waals surface area contributed by atoms with Crippen LogP contribution in [-0.4, -0.2) is 78.1 Å². The van der Waals surface area contributed by atoms with Crippen molar-refractivity contribution in [2.45, 2.75) is 37.3 Å². The Bertz CT molecular complexity index is 1350. The lowest BCUT2D eigenvalue weighted by atomic mass is 9.98. The SMILES string of the molecule is C/N=C\[C@H](C[C@@H]1CCNC1=O)NC(=O)[C@@H]1C[C@@H](c2ccccn2)CN1C(=O)c1cc2c(OC)cccc2[nH]1. The second kappa shape index (κ2) is 11.0. The van der Waals surface area contributed by atoms with E-state index < -0.39 is 12.1 Å². The number of carbonyl (C=O) groups excluding carboxylic acids is 3. The van der Waals surface area contributed by atoms with E-state index in [0.717, 1.165) is 23.0 Å². The molecule has 4 heterocycles. The first kappa shape index (κ1) is 25.4. The predicted molar refractivity (Wildman–Crippen MR) is 143 cm³/mol. The molecule has 2 saturated heterocycles. The third kappa shape index (κ3) is 5.11. The summed E-state index contributed by atoms with van der Waals surface area (Å²) in [6.07, 6.45) is 5.01. The fourth-order valence-corrected chi connectivity index (χ4v) is 5.51. The summed E-state index contributed by atoms with van der Waals surface area (Å²) in [5.41, 5.74) is 2.01. The summed E-state index contributed by atoms with van der Waals surface area (Å²) in [6.45, 7) is 0.997. The molecule has 3 N–H and O–H groups in total. The number of nitrogens with zero attached hydrogens (tertiary/aromatic N) is 3. The van der Waals surface area contributed by atoms with Gasteiger partial charge in [-0.25, -0.2) is 0 Å². The van der Waals surface area contributed by atoms with Crippen molar-refractivity contribution >= 4 is 34.8 Å². The lowest BCUT2D eigenvalue weighted by Gasteiger charge is -2.25. The Labute approximate surface area is 220 Å². The van der Waals surface area contributed by atoms with Crippen molar-refractivity contribution in [2.75, 3.05) is 27.2 Å². The number of rotatable bonds is 8. The maximum atomic E-state index is 13.8. The molecule has 1 aromatic carbocycles. The van der Waals surface area contributed by atoms with Gasteiger partial charge in [0.1, 0.15) is 17.5 Å². The molecule has 0 bridgehead atoms. The molecule has 3 amide bonds. The maximum absolute atomic E-state index is 13.8. The van der Waals surface area contributed by atoms with Crippen LogP contribution in [0, 0.1) is 5.92 Å². The number of ether oxygens (including phenoxy) is 1. The normalized spacial score (nSPS) is 22.1. The molecule has 0 aliphatic carbocycles. The number of pyridine rings is 1. The summed E-state index contributed by atoms with van der Waals surface area (Å²) in [6, 6.07) is 11.9. The van der Waals surface area contributed by atoms with E-state index >= 15 is 0 Å². The Morgan fingerprint density at radius 2 is 2.16 bits per heavy atom. The molecule has 2 fully saturated rings. The molecule has 2 aliphatic heterocycles. The van der Waals surface area contributed by atoms with Crippen molar-refractivity contribution in [3.8, 4) is 5.75 Å². The van der Waals surface area contributed by atoms with E-state index in [-0.39, 0.29) is 29.6 Å². The van der Waals surface area contributed by atoms with E-state index in [1.807, 2.05) is 36.4 Å². The Morgan fingerprint density at radius 1 is 1.29 bits per heavy atom. The van der Waals surface area contributed by atoms with Crippen LogP contribution in [0.4, 0.5) is 0 Å². The topological polar surface area (TPSA) is 129 Å². The quantitative estimate of drug-likeness (QED) is 0.396. The number of methoxy groups -OCH3 is 1. The largest absolute Gasteiger partial charge is 0.496 e. The van der Waals surface area contributed by atoms with Crippen LogP contribution < -0.4 is 15.4 Å². The van der Waals surface area contributed by atoms with Gasteiger partial charge < -0.3 is 25.3 Å². The van der Waals surface area contributed by atoms with Gasteiger partial charge in [0.05, 0.1) is 13.2 Å². The van der Waals surface area contributed by atoms with E-state index in [9.17, 15) is 14.4 Å². The van der Waals surface area contributed by atoms with Crippen molar-refractivity contribution < 1.29 is 19.1 Å². The molecule has 10 heteroatoms. The minimum atomic E-state index is -0.701. The van der Waals surface area contributed by atoms with Crippen molar-refractivity contribution in [2.24, 2.45) is 10.9 Å². The molecular formula is C28H32N6O4. The van der Waals surface area contributed by atoms with Gasteiger partial charge >= 0.3 is 0 Å². The lowest BCUT2D eigenvalue weighted by Crippen LogP contribution is -2.50. The third-order valence-electron chi connectivity index (χ3n) is 7.40. The van der Waals surface area contributed by atoms with E-state index in [2.05, 4.69) is 25.6 Å². The van der Waals surface area contributed by atoms with E-state index in [0.29, 0.717) is 37.4 Å². The summed E-state index contributed by atoms with van der Waals surface area (Å²) >= 11 is 0. The van der Waals surface area contributed by atoms with Gasteiger partial charge in [-0.1, -0.05) is 12.1 Å². The Balaban J connectivity index is 1.41. The van der Waals surface area contributed by atoms with Crippen molar-refractivity contribution in [3.05, 3.63) is 60.0 Å². The summed E-state index contributed by atoms with van der Waals surface area (Å²) in [5.74, 6) is -0.143. The van der Waals surface area contributed by atoms with Gasteiger partial charge in [-0.05, 0) is 49.6 Å². The van der Waals surface area contributed by atoms with Crippen molar-refractivity contribution in [3.63, 3.8) is 0 Å². The van der Waals surface area contributed by atoms with E-state index in [1.165, 1.54) is 0 Å². The number of fused-ring (bicyclic) bond motifs is 1. The number of aromatic nitrogens is 2. The molecule has 2 aromatic heterocycles. The van der Waals surface area contributed by atoms with Crippen LogP contribution in [0.15, 0.2) is 53.7 Å². The van der Waals surface area contributed by atoms with Gasteiger partial charge in [0.2, 0.25) is 11.8 Å². The summed E-state index contributed by atoms with van der Waals surface area (Å²) in [4.78, 5) is 53.0. The summed E-state index contributed by atoms with van der Waals surface area (Å²) < 4.78 is 5.45. The van der Waals surface area contributed by atoms with Crippen LogP contribution in [0.5, 0.6) is 5.75 Å². The van der Waals surface area contributed by atoms with Crippen LogP contribution in [-0.2, 0) is 9.59 Å². The first-order valence-electron chi connectivity index (χ1n) is 12.9. The molecule has 5 rings (SSSR count). The fourth-order valence-electron chi connectivity index (χ4n) is 5.51. The number of nitrogens with one attached hydrogen (secondary N) is 3. The number of likely N-dealkylation sites (tertiary alicyclic amines) is 1. The number of amides is 3. The highest BCUT2D eigenvalue weighted by atomic mass is 16.5. The van der Waals surface area contributed by atoms with Crippen LogP contribution in [0.2, 0.25) is 0 Å². The van der Waals surface area contributed by atoms with E-state index in [1.54, 1.807) is 37.5 Å². The molecule has 0 radical (unpaired) electrons. The van der Waals surface area contributed by atoms with Gasteiger partial charge in [0.25, 0.3) is 5.91 Å². The number of benzene rings is 1. The van der Waals surface area contributed by atoms with Gasteiger partial charge in [0, 0.05) is 61.0 Å². The maximum Gasteiger partial charge on any atom is 0.271 e. The summed E-state index contributed by atoms with van der Waals surface area (Å²) in [5, 5.41) is 6.69. The molecule has 0 saturated carbocycles. The third-order valence-corrected chi connectivity index (χ3v) is 7.40. The highest BCUT2D eigenvalue weighted by molar-refractivity contribution is 6.02. The standard InChI is InChI=1S/C28H32N6O4/c1-29-15-19(12-17-9-11-31-26(17)35)32-27(36)24-13-18(21-6-3-4-10-30-21)16-34(24)28(37)23-14-20-22(33-23)7-5-8-25(20)38-2/h3-8,10,14-15,17-19,24,33H,9,11-13,16H2,1-2H3,(H,31,35)(H,32,36)/b29-15-/t17-,18+,19-,24-/m0/s1. The van der Waals surface area contributed by atoms with Gasteiger partial charge in [-0.15, -0.1) is 0 Å². The average molecular weight is 517 g/mol. The number of hydrogen-bond acceptors (Lipinski definition) is 6. The first-order valence-corrected chi connectivity index (χ1v) is 12.9. The zero-order valence-corrected chi connectivity index (χ0v) is 21.5. The molecule has 4 atom stereocenters. The first-order chi connectivity index (χ1) is 18.5. The minimum absolute atomic E-state index is 0.00382. The molecule has 38 heavy (non-hydrogen) atoms. The van der Waals surface area contributed by atoms with Crippen LogP contribution >= 0.6 is 0 Å². The zero-order chi connectivity index (χ0) is 26.6. The second-order valence-corrected chi connectivity index (χ2v) is 9.80. The predicted octanol–water partition coefficient (Wildman–Crippen LogP) is 2.28.